The molecule has 1 fully saturated rings. The molecular weight excluding hydrogens is 194 g/mol. The standard InChI is InChI=1S/C11H19NO3/c1-8(7-9(2)13)12-10(14)5-3-4-6-11(12)15/h8-9,13H,3-7H2,1-2H3. The minimum Gasteiger partial charge on any atom is -0.393 e. The van der Waals surface area contributed by atoms with Crippen molar-refractivity contribution in [1.29, 1.82) is 0 Å². The summed E-state index contributed by atoms with van der Waals surface area (Å²) in [6.45, 7) is 3.48. The molecule has 1 heterocycles. The smallest absolute Gasteiger partial charge is 0.229 e. The van der Waals surface area contributed by atoms with Crippen molar-refractivity contribution in [2.45, 2.75) is 58.1 Å². The fourth-order valence-electron chi connectivity index (χ4n) is 2.02. The number of nitrogens with zero attached hydrogens (tertiary/aromatic N) is 1. The van der Waals surface area contributed by atoms with E-state index >= 15 is 0 Å². The number of amides is 2. The molecule has 2 unspecified atom stereocenters. The Morgan fingerprint density at radius 2 is 1.67 bits per heavy atom. The Balaban J connectivity index is 2.69. The molecule has 1 N–H and O–H groups in total. The fraction of sp³-hybridized carbons (Fsp3) is 0.818. The Hall–Kier alpha value is -0.900. The number of hydrogen-bond acceptors (Lipinski definition) is 3. The topological polar surface area (TPSA) is 57.6 Å². The lowest BCUT2D eigenvalue weighted by Gasteiger charge is -2.26. The lowest BCUT2D eigenvalue weighted by Crippen LogP contribution is -2.43. The Bertz CT molecular complexity index is 232. The van der Waals surface area contributed by atoms with Crippen molar-refractivity contribution in [3.8, 4) is 0 Å². The minimum atomic E-state index is -0.483. The normalized spacial score (nSPS) is 22.5. The molecule has 15 heavy (non-hydrogen) atoms. The molecule has 1 rings (SSSR count). The van der Waals surface area contributed by atoms with Gasteiger partial charge >= 0.3 is 0 Å². The molecule has 1 aliphatic rings. The van der Waals surface area contributed by atoms with Crippen LogP contribution in [0, 0.1) is 0 Å². The SMILES string of the molecule is CC(O)CC(C)N1C(=O)CCCCC1=O. The third kappa shape index (κ3) is 3.30. The summed E-state index contributed by atoms with van der Waals surface area (Å²) >= 11 is 0. The van der Waals surface area contributed by atoms with Crippen LogP contribution in [0.2, 0.25) is 0 Å². The van der Waals surface area contributed by atoms with Crippen LogP contribution in [0.3, 0.4) is 0 Å². The van der Waals surface area contributed by atoms with Crippen LogP contribution in [0.1, 0.15) is 46.0 Å². The summed E-state index contributed by atoms with van der Waals surface area (Å²) in [7, 11) is 0. The number of rotatable bonds is 3. The summed E-state index contributed by atoms with van der Waals surface area (Å²) in [6, 6.07) is -0.192. The molecule has 4 nitrogen and oxygen atoms in total. The predicted molar refractivity (Wildman–Crippen MR) is 56.1 cm³/mol. The van der Waals surface area contributed by atoms with Gasteiger partial charge < -0.3 is 5.11 Å². The van der Waals surface area contributed by atoms with Gasteiger partial charge in [0, 0.05) is 18.9 Å². The maximum atomic E-state index is 11.7. The van der Waals surface area contributed by atoms with Gasteiger partial charge in [-0.2, -0.15) is 0 Å². The van der Waals surface area contributed by atoms with Gasteiger partial charge in [0.2, 0.25) is 11.8 Å². The fourth-order valence-corrected chi connectivity index (χ4v) is 2.02. The molecule has 0 saturated carbocycles. The largest absolute Gasteiger partial charge is 0.393 e. The molecule has 0 spiro atoms. The average Bonchev–Trinajstić information content (AvgIpc) is 2.25. The highest BCUT2D eigenvalue weighted by Gasteiger charge is 2.28. The van der Waals surface area contributed by atoms with E-state index in [0.29, 0.717) is 19.3 Å². The number of carbonyl (C=O) groups excluding carboxylic acids is 2. The van der Waals surface area contributed by atoms with Crippen molar-refractivity contribution in [1.82, 2.24) is 4.90 Å². The number of hydrogen-bond donors (Lipinski definition) is 1. The van der Waals surface area contributed by atoms with Gasteiger partial charge in [0.1, 0.15) is 0 Å². The van der Waals surface area contributed by atoms with Crippen molar-refractivity contribution >= 4 is 11.8 Å². The van der Waals surface area contributed by atoms with Gasteiger partial charge in [-0.15, -0.1) is 0 Å². The molecule has 0 aromatic carbocycles. The molecule has 2 amide bonds. The van der Waals surface area contributed by atoms with Gasteiger partial charge in [0.15, 0.2) is 0 Å². The van der Waals surface area contributed by atoms with Gasteiger partial charge in [0.05, 0.1) is 6.10 Å². The lowest BCUT2D eigenvalue weighted by atomic mass is 10.1. The third-order valence-electron chi connectivity index (χ3n) is 2.69. The number of aliphatic hydroxyl groups is 1. The molecular formula is C11H19NO3. The van der Waals surface area contributed by atoms with Crippen molar-refractivity contribution in [3.63, 3.8) is 0 Å². The van der Waals surface area contributed by atoms with Crippen LogP contribution in [0.5, 0.6) is 0 Å². The third-order valence-corrected chi connectivity index (χ3v) is 2.69. The van der Waals surface area contributed by atoms with E-state index in [1.165, 1.54) is 4.90 Å². The van der Waals surface area contributed by atoms with Crippen LogP contribution in [0.25, 0.3) is 0 Å². The molecule has 0 radical (unpaired) electrons. The summed E-state index contributed by atoms with van der Waals surface area (Å²) in [6.07, 6.45) is 2.47. The van der Waals surface area contributed by atoms with E-state index in [1.54, 1.807) is 6.92 Å². The van der Waals surface area contributed by atoms with E-state index in [9.17, 15) is 14.7 Å². The second kappa shape index (κ2) is 5.26. The van der Waals surface area contributed by atoms with E-state index < -0.39 is 6.10 Å². The Kier molecular flexibility index (Phi) is 4.27. The van der Waals surface area contributed by atoms with Gasteiger partial charge in [-0.3, -0.25) is 14.5 Å². The lowest BCUT2D eigenvalue weighted by molar-refractivity contribution is -0.146. The number of imide groups is 1. The zero-order valence-corrected chi connectivity index (χ0v) is 9.40. The molecule has 1 aliphatic heterocycles. The molecule has 2 atom stereocenters. The Morgan fingerprint density at radius 1 is 1.20 bits per heavy atom. The van der Waals surface area contributed by atoms with Crippen LogP contribution >= 0.6 is 0 Å². The Morgan fingerprint density at radius 3 is 2.07 bits per heavy atom. The second-order valence-corrected chi connectivity index (χ2v) is 4.30. The van der Waals surface area contributed by atoms with Gasteiger partial charge in [-0.1, -0.05) is 0 Å². The molecule has 0 aromatic rings. The van der Waals surface area contributed by atoms with Gasteiger partial charge in [0.25, 0.3) is 0 Å². The Labute approximate surface area is 90.3 Å². The maximum Gasteiger partial charge on any atom is 0.229 e. The number of likely N-dealkylation sites (tertiary alicyclic amines) is 1. The summed E-state index contributed by atoms with van der Waals surface area (Å²) in [5, 5.41) is 9.25. The van der Waals surface area contributed by atoms with E-state index in [-0.39, 0.29) is 17.9 Å². The van der Waals surface area contributed by atoms with Crippen molar-refractivity contribution in [2.24, 2.45) is 0 Å². The van der Waals surface area contributed by atoms with Crippen LogP contribution in [0.15, 0.2) is 0 Å². The van der Waals surface area contributed by atoms with E-state index in [2.05, 4.69) is 0 Å². The summed E-state index contributed by atoms with van der Waals surface area (Å²) in [5.41, 5.74) is 0. The maximum absolute atomic E-state index is 11.7. The first kappa shape index (κ1) is 12.2. The zero-order valence-electron chi connectivity index (χ0n) is 9.40. The zero-order chi connectivity index (χ0) is 11.4. The first-order valence-corrected chi connectivity index (χ1v) is 5.55. The highest BCUT2D eigenvalue weighted by atomic mass is 16.3. The second-order valence-electron chi connectivity index (χ2n) is 4.30. The van der Waals surface area contributed by atoms with Crippen LogP contribution in [-0.2, 0) is 9.59 Å². The quantitative estimate of drug-likeness (QED) is 0.713. The van der Waals surface area contributed by atoms with Crippen LogP contribution < -0.4 is 0 Å². The summed E-state index contributed by atoms with van der Waals surface area (Å²) < 4.78 is 0. The molecule has 4 heteroatoms. The number of carbonyl (C=O) groups is 2. The van der Waals surface area contributed by atoms with Gasteiger partial charge in [-0.05, 0) is 33.1 Å². The van der Waals surface area contributed by atoms with Crippen molar-refractivity contribution in [2.75, 3.05) is 0 Å². The average molecular weight is 213 g/mol. The summed E-state index contributed by atoms with van der Waals surface area (Å²) in [4.78, 5) is 24.7. The van der Waals surface area contributed by atoms with E-state index in [4.69, 9.17) is 0 Å². The predicted octanol–water partition coefficient (Wildman–Crippen LogP) is 1.07. The highest BCUT2D eigenvalue weighted by molar-refractivity contribution is 5.96. The summed E-state index contributed by atoms with van der Waals surface area (Å²) in [5.74, 6) is -0.184. The van der Waals surface area contributed by atoms with Crippen molar-refractivity contribution < 1.29 is 14.7 Å². The van der Waals surface area contributed by atoms with Crippen LogP contribution in [0.4, 0.5) is 0 Å². The number of aliphatic hydroxyl groups excluding tert-OH is 1. The first-order chi connectivity index (χ1) is 7.02. The van der Waals surface area contributed by atoms with Crippen molar-refractivity contribution in [3.05, 3.63) is 0 Å². The molecule has 0 bridgehead atoms. The minimum absolute atomic E-state index is 0.0920. The molecule has 1 saturated heterocycles. The van der Waals surface area contributed by atoms with E-state index in [1.807, 2.05) is 6.92 Å². The van der Waals surface area contributed by atoms with Gasteiger partial charge in [-0.25, -0.2) is 0 Å². The van der Waals surface area contributed by atoms with Crippen LogP contribution in [-0.4, -0.2) is 34.0 Å². The molecule has 0 aromatic heterocycles. The highest BCUT2D eigenvalue weighted by Crippen LogP contribution is 2.17. The first-order valence-electron chi connectivity index (χ1n) is 5.55. The monoisotopic (exact) mass is 213 g/mol. The molecule has 0 aliphatic carbocycles. The molecule has 86 valence electrons. The van der Waals surface area contributed by atoms with E-state index in [0.717, 1.165) is 12.8 Å².